The highest BCUT2D eigenvalue weighted by Crippen LogP contribution is 2.35. The summed E-state index contributed by atoms with van der Waals surface area (Å²) in [5.74, 6) is 1.75. The van der Waals surface area contributed by atoms with Gasteiger partial charge in [0.2, 0.25) is 0 Å². The number of aromatic nitrogens is 4. The van der Waals surface area contributed by atoms with E-state index in [1.807, 2.05) is 28.9 Å². The van der Waals surface area contributed by atoms with E-state index >= 15 is 0 Å². The molecule has 0 atom stereocenters. The van der Waals surface area contributed by atoms with Gasteiger partial charge in [-0.2, -0.15) is 0 Å². The van der Waals surface area contributed by atoms with Gasteiger partial charge in [0.1, 0.15) is 0 Å². The van der Waals surface area contributed by atoms with Crippen molar-refractivity contribution in [2.24, 2.45) is 0 Å². The van der Waals surface area contributed by atoms with Crippen LogP contribution in [0.15, 0.2) is 29.2 Å². The van der Waals surface area contributed by atoms with Gasteiger partial charge in [0.15, 0.2) is 5.82 Å². The summed E-state index contributed by atoms with van der Waals surface area (Å²) in [7, 11) is 0. The molecule has 0 aliphatic heterocycles. The van der Waals surface area contributed by atoms with Crippen molar-refractivity contribution in [1.29, 1.82) is 0 Å². The molecule has 1 aliphatic rings. The first kappa shape index (κ1) is 10.6. The van der Waals surface area contributed by atoms with Crippen molar-refractivity contribution in [3.05, 3.63) is 30.1 Å². The highest BCUT2D eigenvalue weighted by atomic mass is 32.2. The Morgan fingerprint density at radius 2 is 2.06 bits per heavy atom. The van der Waals surface area contributed by atoms with Crippen LogP contribution in [0.4, 0.5) is 5.69 Å². The summed E-state index contributed by atoms with van der Waals surface area (Å²) in [5.41, 5.74) is 6.43. The Labute approximate surface area is 103 Å². The Hall–Kier alpha value is -1.56. The Morgan fingerprint density at radius 1 is 1.29 bits per heavy atom. The van der Waals surface area contributed by atoms with Gasteiger partial charge < -0.3 is 5.73 Å². The summed E-state index contributed by atoms with van der Waals surface area (Å²) < 4.78 is 1.95. The van der Waals surface area contributed by atoms with Gasteiger partial charge >= 0.3 is 0 Å². The minimum absolute atomic E-state index is 0.534. The molecule has 2 N–H and O–H groups in total. The number of hydrogen-bond donors (Lipinski definition) is 1. The first-order valence-corrected chi connectivity index (χ1v) is 6.56. The fourth-order valence-corrected chi connectivity index (χ4v) is 2.44. The minimum Gasteiger partial charge on any atom is -0.399 e. The Morgan fingerprint density at radius 3 is 2.76 bits per heavy atom. The van der Waals surface area contributed by atoms with E-state index in [1.165, 1.54) is 17.7 Å². The maximum atomic E-state index is 5.64. The number of nitrogens with two attached hydrogens (primary N) is 1. The smallest absolute Gasteiger partial charge is 0.161 e. The molecule has 5 nitrogen and oxygen atoms in total. The van der Waals surface area contributed by atoms with Gasteiger partial charge in [-0.15, -0.1) is 16.9 Å². The Balaban J connectivity index is 1.67. The number of tetrazole rings is 1. The Bertz CT molecular complexity index is 503. The van der Waals surface area contributed by atoms with Crippen LogP contribution in [-0.2, 0) is 5.75 Å². The van der Waals surface area contributed by atoms with Crippen molar-refractivity contribution < 1.29 is 0 Å². The Kier molecular flexibility index (Phi) is 2.72. The number of thioether (sulfide) groups is 1. The predicted molar refractivity (Wildman–Crippen MR) is 66.5 cm³/mol. The second kappa shape index (κ2) is 4.37. The summed E-state index contributed by atoms with van der Waals surface area (Å²) in [4.78, 5) is 1.18. The fraction of sp³-hybridized carbons (Fsp3) is 0.364. The van der Waals surface area contributed by atoms with Crippen molar-refractivity contribution in [2.45, 2.75) is 29.5 Å². The van der Waals surface area contributed by atoms with E-state index in [2.05, 4.69) is 15.5 Å². The van der Waals surface area contributed by atoms with Crippen LogP contribution >= 0.6 is 11.8 Å². The monoisotopic (exact) mass is 247 g/mol. The summed E-state index contributed by atoms with van der Waals surface area (Å²) in [6.07, 6.45) is 2.40. The van der Waals surface area contributed by atoms with Crippen molar-refractivity contribution in [3.8, 4) is 0 Å². The summed E-state index contributed by atoms with van der Waals surface area (Å²) in [6.45, 7) is 0. The third-order valence-electron chi connectivity index (χ3n) is 2.70. The van der Waals surface area contributed by atoms with Gasteiger partial charge in [-0.05, 0) is 47.5 Å². The summed E-state index contributed by atoms with van der Waals surface area (Å²) >= 11 is 1.73. The van der Waals surface area contributed by atoms with Crippen LogP contribution < -0.4 is 5.73 Å². The average Bonchev–Trinajstić information content (AvgIpc) is 3.08. The lowest BCUT2D eigenvalue weighted by Gasteiger charge is -2.03. The topological polar surface area (TPSA) is 69.6 Å². The average molecular weight is 247 g/mol. The van der Waals surface area contributed by atoms with Gasteiger partial charge in [0, 0.05) is 10.6 Å². The lowest BCUT2D eigenvalue weighted by atomic mass is 10.3. The molecule has 1 fully saturated rings. The number of nitrogens with zero attached hydrogens (tertiary/aromatic N) is 4. The molecule has 3 rings (SSSR count). The lowest BCUT2D eigenvalue weighted by Crippen LogP contribution is -2.02. The van der Waals surface area contributed by atoms with Crippen LogP contribution in [-0.4, -0.2) is 20.2 Å². The van der Waals surface area contributed by atoms with E-state index in [1.54, 1.807) is 11.8 Å². The third kappa shape index (κ3) is 2.41. The van der Waals surface area contributed by atoms with E-state index in [-0.39, 0.29) is 0 Å². The van der Waals surface area contributed by atoms with Crippen LogP contribution in [0.25, 0.3) is 0 Å². The van der Waals surface area contributed by atoms with Gasteiger partial charge in [0.25, 0.3) is 0 Å². The van der Waals surface area contributed by atoms with Gasteiger partial charge in [-0.25, -0.2) is 4.68 Å². The molecule has 2 aromatic rings. The predicted octanol–water partition coefficient (Wildman–Crippen LogP) is 1.88. The second-order valence-corrected chi connectivity index (χ2v) is 5.18. The minimum atomic E-state index is 0.534. The molecule has 1 aromatic heterocycles. The van der Waals surface area contributed by atoms with Crippen LogP contribution in [0.5, 0.6) is 0 Å². The second-order valence-electron chi connectivity index (χ2n) is 4.13. The van der Waals surface area contributed by atoms with E-state index in [9.17, 15) is 0 Å². The van der Waals surface area contributed by atoms with Gasteiger partial charge in [-0.1, -0.05) is 0 Å². The molecule has 0 bridgehead atoms. The van der Waals surface area contributed by atoms with Crippen molar-refractivity contribution in [1.82, 2.24) is 20.2 Å². The van der Waals surface area contributed by atoms with Crippen LogP contribution in [0.3, 0.4) is 0 Å². The molecule has 1 saturated carbocycles. The first-order chi connectivity index (χ1) is 8.33. The molecule has 1 aliphatic carbocycles. The van der Waals surface area contributed by atoms with Crippen molar-refractivity contribution in [2.75, 3.05) is 5.73 Å². The quantitative estimate of drug-likeness (QED) is 0.660. The normalized spacial score (nSPS) is 15.1. The highest BCUT2D eigenvalue weighted by molar-refractivity contribution is 7.98. The van der Waals surface area contributed by atoms with Crippen LogP contribution in [0.1, 0.15) is 24.7 Å². The maximum Gasteiger partial charge on any atom is 0.161 e. The van der Waals surface area contributed by atoms with Crippen LogP contribution in [0, 0.1) is 0 Å². The summed E-state index contributed by atoms with van der Waals surface area (Å²) in [6, 6.07) is 8.39. The zero-order valence-electron chi connectivity index (χ0n) is 9.28. The van der Waals surface area contributed by atoms with E-state index < -0.39 is 0 Å². The molecule has 0 radical (unpaired) electrons. The molecular weight excluding hydrogens is 234 g/mol. The number of rotatable bonds is 4. The van der Waals surface area contributed by atoms with E-state index in [0.29, 0.717) is 6.04 Å². The van der Waals surface area contributed by atoms with Crippen LogP contribution in [0.2, 0.25) is 0 Å². The van der Waals surface area contributed by atoms with E-state index in [0.717, 1.165) is 17.3 Å². The SMILES string of the molecule is Nc1ccc(SCc2nnnn2C2CC2)cc1. The van der Waals surface area contributed by atoms with E-state index in [4.69, 9.17) is 5.73 Å². The molecule has 0 unspecified atom stereocenters. The third-order valence-corrected chi connectivity index (χ3v) is 3.71. The summed E-state index contributed by atoms with van der Waals surface area (Å²) in [5, 5.41) is 11.8. The number of benzene rings is 1. The molecule has 6 heteroatoms. The molecule has 1 heterocycles. The molecular formula is C11H13N5S. The molecule has 0 amide bonds. The largest absolute Gasteiger partial charge is 0.399 e. The molecule has 0 saturated heterocycles. The highest BCUT2D eigenvalue weighted by Gasteiger charge is 2.27. The zero-order chi connectivity index (χ0) is 11.7. The van der Waals surface area contributed by atoms with Gasteiger partial charge in [0.05, 0.1) is 11.8 Å². The lowest BCUT2D eigenvalue weighted by molar-refractivity contribution is 0.593. The molecule has 88 valence electrons. The zero-order valence-corrected chi connectivity index (χ0v) is 10.1. The van der Waals surface area contributed by atoms with Gasteiger partial charge in [-0.3, -0.25) is 0 Å². The number of hydrogen-bond acceptors (Lipinski definition) is 5. The first-order valence-electron chi connectivity index (χ1n) is 5.58. The fourth-order valence-electron chi connectivity index (χ4n) is 1.62. The number of anilines is 1. The molecule has 0 spiro atoms. The van der Waals surface area contributed by atoms with Crippen molar-refractivity contribution >= 4 is 17.4 Å². The molecule has 17 heavy (non-hydrogen) atoms. The maximum absolute atomic E-state index is 5.64. The molecule has 1 aromatic carbocycles. The number of nitrogen functional groups attached to an aromatic ring is 1. The standard InChI is InChI=1S/C11H13N5S/c12-8-1-5-10(6-2-8)17-7-11-13-14-15-16(11)9-3-4-9/h1-2,5-6,9H,3-4,7,12H2. The van der Waals surface area contributed by atoms with Crippen molar-refractivity contribution in [3.63, 3.8) is 0 Å².